The molecule has 0 bridgehead atoms. The van der Waals surface area contributed by atoms with Crippen LogP contribution in [0.15, 0.2) is 25.3 Å². The summed E-state index contributed by atoms with van der Waals surface area (Å²) < 4.78 is 1.16. The molecule has 0 aliphatic carbocycles. The van der Waals surface area contributed by atoms with Crippen LogP contribution >= 0.6 is 23.1 Å². The predicted octanol–water partition coefficient (Wildman–Crippen LogP) is -0.823. The van der Waals surface area contributed by atoms with E-state index in [-0.39, 0.29) is 21.7 Å². The van der Waals surface area contributed by atoms with E-state index in [1.807, 2.05) is 0 Å². The van der Waals surface area contributed by atoms with Gasteiger partial charge in [-0.15, -0.1) is 11.3 Å². The molecule has 2 aromatic rings. The van der Waals surface area contributed by atoms with Gasteiger partial charge >= 0.3 is 11.1 Å². The molecule has 0 atom stereocenters. The number of H-pyrrole nitrogens is 1. The molecule has 12 heteroatoms. The molecule has 0 saturated heterocycles. The van der Waals surface area contributed by atoms with Gasteiger partial charge in [0.05, 0.1) is 0 Å². The Balaban J connectivity index is 2.34. The summed E-state index contributed by atoms with van der Waals surface area (Å²) in [6, 6.07) is 0. The van der Waals surface area contributed by atoms with E-state index in [0.717, 1.165) is 16.0 Å². The number of hydrogen-bond donors (Lipinski definition) is 2. The molecule has 22 heavy (non-hydrogen) atoms. The van der Waals surface area contributed by atoms with Gasteiger partial charge in [0.1, 0.15) is 12.8 Å². The highest BCUT2D eigenvalue weighted by molar-refractivity contribution is 8.15. The quantitative estimate of drug-likeness (QED) is 0.317. The van der Waals surface area contributed by atoms with Crippen LogP contribution in [0.4, 0.5) is 5.13 Å². The molecule has 2 heterocycles. The highest BCUT2D eigenvalue weighted by Gasteiger charge is 2.21. The lowest BCUT2D eigenvalue weighted by Gasteiger charge is -2.05. The first kappa shape index (κ1) is 15.9. The van der Waals surface area contributed by atoms with Crippen LogP contribution in [0, 0.1) is 0 Å². The summed E-state index contributed by atoms with van der Waals surface area (Å²) in [6.07, 6.45) is 0. The van der Waals surface area contributed by atoms with Gasteiger partial charge in [-0.1, -0.05) is 5.16 Å². The zero-order valence-electron chi connectivity index (χ0n) is 11.4. The Morgan fingerprint density at radius 3 is 2.82 bits per heavy atom. The van der Waals surface area contributed by atoms with Crippen molar-refractivity contribution in [2.24, 2.45) is 12.2 Å². The molecular weight excluding hydrogens is 332 g/mol. The number of thioether (sulfide) groups is 1. The predicted molar refractivity (Wildman–Crippen MR) is 81.0 cm³/mol. The fraction of sp³-hybridized carbons (Fsp3) is 0.200. The molecule has 0 spiro atoms. The van der Waals surface area contributed by atoms with Gasteiger partial charge in [0, 0.05) is 12.4 Å². The van der Waals surface area contributed by atoms with Crippen molar-refractivity contribution in [3.05, 3.63) is 31.8 Å². The second-order valence-electron chi connectivity index (χ2n) is 3.78. The third kappa shape index (κ3) is 3.40. The molecule has 0 amide bonds. The number of aromatic amines is 1. The van der Waals surface area contributed by atoms with Crippen LogP contribution in [-0.4, -0.2) is 37.7 Å². The van der Waals surface area contributed by atoms with Gasteiger partial charge in [0.25, 0.3) is 5.12 Å². The van der Waals surface area contributed by atoms with Crippen LogP contribution in [0.5, 0.6) is 0 Å². The number of hydrogen-bond acceptors (Lipinski definition) is 10. The number of nitrogens with one attached hydrogen (secondary N) is 1. The van der Waals surface area contributed by atoms with E-state index in [4.69, 9.17) is 5.73 Å². The Hall–Kier alpha value is -2.47. The number of nitrogens with two attached hydrogens (primary N) is 1. The summed E-state index contributed by atoms with van der Waals surface area (Å²) in [5, 5.41) is 7.11. The van der Waals surface area contributed by atoms with E-state index in [1.165, 1.54) is 14.2 Å². The fourth-order valence-corrected chi connectivity index (χ4v) is 2.62. The van der Waals surface area contributed by atoms with Crippen LogP contribution < -0.4 is 16.9 Å². The number of anilines is 1. The number of nitrogens with zero attached hydrogens (tertiary/aromatic N) is 4. The maximum absolute atomic E-state index is 12.3. The number of thiazole rings is 1. The lowest BCUT2D eigenvalue weighted by molar-refractivity contribution is -0.105. The lowest BCUT2D eigenvalue weighted by atomic mass is 10.3. The average Bonchev–Trinajstić information content (AvgIpc) is 2.88. The standard InChI is InChI=1S/C10H10N6O4S2/c1-16-10(13-6(17)7(18)14-16)22-8(19)5(15-20-2)4-3-21-9(11)12-4/h3H,1-2H3,(H2,11,12)(H,14,18)/b15-5-. The third-order valence-corrected chi connectivity index (χ3v) is 3.87. The molecule has 2 rings (SSSR count). The molecule has 0 radical (unpaired) electrons. The van der Waals surface area contributed by atoms with Crippen molar-refractivity contribution in [3.63, 3.8) is 0 Å². The summed E-state index contributed by atoms with van der Waals surface area (Å²) in [5.41, 5.74) is 3.82. The molecule has 0 unspecified atom stereocenters. The van der Waals surface area contributed by atoms with E-state index in [2.05, 4.69) is 25.1 Å². The van der Waals surface area contributed by atoms with Crippen LogP contribution in [0.3, 0.4) is 0 Å². The first-order valence-corrected chi connectivity index (χ1v) is 7.34. The molecule has 0 fully saturated rings. The van der Waals surface area contributed by atoms with E-state index in [9.17, 15) is 14.4 Å². The normalized spacial score (nSPS) is 11.5. The molecule has 0 saturated carbocycles. The monoisotopic (exact) mass is 342 g/mol. The Kier molecular flexibility index (Phi) is 4.72. The number of nitrogen functional groups attached to an aromatic ring is 1. The first-order chi connectivity index (χ1) is 10.4. The van der Waals surface area contributed by atoms with Crippen LogP contribution in [0.2, 0.25) is 0 Å². The number of aryl methyl sites for hydroxylation is 1. The number of aromatic nitrogens is 4. The minimum Gasteiger partial charge on any atom is -0.398 e. The van der Waals surface area contributed by atoms with Crippen LogP contribution in [0.1, 0.15) is 5.69 Å². The van der Waals surface area contributed by atoms with Gasteiger partial charge in [-0.05, 0) is 11.8 Å². The molecule has 2 aromatic heterocycles. The van der Waals surface area contributed by atoms with E-state index >= 15 is 0 Å². The van der Waals surface area contributed by atoms with E-state index < -0.39 is 16.2 Å². The largest absolute Gasteiger partial charge is 0.398 e. The van der Waals surface area contributed by atoms with Crippen molar-refractivity contribution in [1.82, 2.24) is 19.7 Å². The minimum absolute atomic E-state index is 0.00149. The number of carbonyl (C=O) groups excluding carboxylic acids is 1. The van der Waals surface area contributed by atoms with Gasteiger partial charge in [0.2, 0.25) is 0 Å². The summed E-state index contributed by atoms with van der Waals surface area (Å²) in [4.78, 5) is 46.8. The Morgan fingerprint density at radius 2 is 2.23 bits per heavy atom. The summed E-state index contributed by atoms with van der Waals surface area (Å²) in [5.74, 6) is 0. The van der Waals surface area contributed by atoms with Crippen molar-refractivity contribution >= 4 is 39.1 Å². The maximum Gasteiger partial charge on any atom is 0.339 e. The second-order valence-corrected chi connectivity index (χ2v) is 5.61. The number of rotatable bonds is 4. The molecule has 116 valence electrons. The van der Waals surface area contributed by atoms with Gasteiger partial charge in [-0.2, -0.15) is 4.98 Å². The van der Waals surface area contributed by atoms with Crippen molar-refractivity contribution in [2.45, 2.75) is 5.16 Å². The van der Waals surface area contributed by atoms with Crippen LogP contribution in [-0.2, 0) is 16.7 Å². The summed E-state index contributed by atoms with van der Waals surface area (Å²) >= 11 is 1.74. The maximum atomic E-state index is 12.3. The topological polar surface area (TPSA) is 145 Å². The highest BCUT2D eigenvalue weighted by Crippen LogP contribution is 2.19. The van der Waals surface area contributed by atoms with Gasteiger partial charge in [0.15, 0.2) is 16.0 Å². The zero-order chi connectivity index (χ0) is 16.3. The third-order valence-electron chi connectivity index (χ3n) is 2.27. The van der Waals surface area contributed by atoms with E-state index in [1.54, 1.807) is 5.38 Å². The molecule has 3 N–H and O–H groups in total. The van der Waals surface area contributed by atoms with Gasteiger partial charge in [-0.25, -0.2) is 4.98 Å². The van der Waals surface area contributed by atoms with Gasteiger partial charge < -0.3 is 10.6 Å². The zero-order valence-corrected chi connectivity index (χ0v) is 13.0. The summed E-state index contributed by atoms with van der Waals surface area (Å²) in [6.45, 7) is 0. The Bertz CT molecular complexity index is 852. The average molecular weight is 342 g/mol. The number of carbonyl (C=O) groups is 1. The van der Waals surface area contributed by atoms with Crippen molar-refractivity contribution in [2.75, 3.05) is 12.8 Å². The Labute approximate surface area is 131 Å². The SMILES string of the molecule is CO/N=C(\C(=O)Sc1nc(=O)c(=O)[nH]n1C)c1csc(N)n1. The molecule has 0 aliphatic heterocycles. The first-order valence-electron chi connectivity index (χ1n) is 5.64. The molecular formula is C10H10N6O4S2. The Morgan fingerprint density at radius 1 is 1.50 bits per heavy atom. The highest BCUT2D eigenvalue weighted by atomic mass is 32.2. The van der Waals surface area contributed by atoms with Crippen molar-refractivity contribution in [1.29, 1.82) is 0 Å². The molecule has 0 aliphatic rings. The fourth-order valence-electron chi connectivity index (χ4n) is 1.36. The van der Waals surface area contributed by atoms with Crippen molar-refractivity contribution < 1.29 is 9.63 Å². The smallest absolute Gasteiger partial charge is 0.339 e. The minimum atomic E-state index is -0.989. The van der Waals surface area contributed by atoms with Crippen molar-refractivity contribution in [3.8, 4) is 0 Å². The second kappa shape index (κ2) is 6.53. The van der Waals surface area contributed by atoms with E-state index in [0.29, 0.717) is 11.8 Å². The van der Waals surface area contributed by atoms with Crippen LogP contribution in [0.25, 0.3) is 0 Å². The molecule has 10 nitrogen and oxygen atoms in total. The lowest BCUT2D eigenvalue weighted by Crippen LogP contribution is -2.34. The van der Waals surface area contributed by atoms with Gasteiger partial charge in [-0.3, -0.25) is 24.2 Å². The number of oxime groups is 1. The summed E-state index contributed by atoms with van der Waals surface area (Å²) in [7, 11) is 2.72. The molecule has 0 aromatic carbocycles.